The third-order valence-corrected chi connectivity index (χ3v) is 5.43. The molecule has 2 aromatic rings. The van der Waals surface area contributed by atoms with Crippen molar-refractivity contribution in [2.75, 3.05) is 17.2 Å². The summed E-state index contributed by atoms with van der Waals surface area (Å²) in [5.74, 6) is 0.190. The number of hydrogen-bond acceptors (Lipinski definition) is 3. The molecule has 134 valence electrons. The zero-order chi connectivity index (χ0) is 18.1. The minimum absolute atomic E-state index is 0.0367. The van der Waals surface area contributed by atoms with Gasteiger partial charge >= 0.3 is 6.55 Å². The topological polar surface area (TPSA) is 38.1 Å². The summed E-state index contributed by atoms with van der Waals surface area (Å²) >= 11 is 1.58. The van der Waals surface area contributed by atoms with Gasteiger partial charge in [-0.25, -0.2) is 9.07 Å². The van der Waals surface area contributed by atoms with Gasteiger partial charge in [0.1, 0.15) is 5.82 Å². The van der Waals surface area contributed by atoms with E-state index >= 15 is 0 Å². The van der Waals surface area contributed by atoms with Crippen LogP contribution in [0.4, 0.5) is 18.9 Å². The van der Waals surface area contributed by atoms with Crippen LogP contribution in [0.3, 0.4) is 0 Å². The number of fused-ring (bicyclic) bond motifs is 1. The molecule has 3 rings (SSSR count). The predicted octanol–water partition coefficient (Wildman–Crippen LogP) is 4.11. The molecule has 0 unspecified atom stereocenters. The molecule has 0 saturated heterocycles. The van der Waals surface area contributed by atoms with E-state index in [4.69, 9.17) is 0 Å². The van der Waals surface area contributed by atoms with Crippen LogP contribution in [0.15, 0.2) is 23.1 Å². The van der Waals surface area contributed by atoms with Crippen molar-refractivity contribution in [1.29, 1.82) is 0 Å². The Labute approximate surface area is 148 Å². The largest absolute Gasteiger partial charge is 0.333 e. The van der Waals surface area contributed by atoms with E-state index in [1.807, 2.05) is 0 Å². The Morgan fingerprint density at radius 2 is 2.12 bits per heavy atom. The molecule has 0 radical (unpaired) electrons. The number of rotatable bonds is 3. The average molecular weight is 369 g/mol. The Balaban J connectivity index is 1.91. The summed E-state index contributed by atoms with van der Waals surface area (Å²) in [6.07, 6.45) is 0.742. The first-order valence-corrected chi connectivity index (χ1v) is 8.92. The summed E-state index contributed by atoms with van der Waals surface area (Å²) < 4.78 is 40.2. The Morgan fingerprint density at radius 3 is 2.80 bits per heavy atom. The Hall–Kier alpha value is -1.96. The minimum Gasteiger partial charge on any atom is -0.311 e. The normalized spacial score (nSPS) is 14.6. The summed E-state index contributed by atoms with van der Waals surface area (Å²) in [5, 5.41) is 3.82. The van der Waals surface area contributed by atoms with Crippen molar-refractivity contribution in [2.45, 2.75) is 38.1 Å². The van der Waals surface area contributed by atoms with E-state index < -0.39 is 12.4 Å². The molecule has 0 fully saturated rings. The summed E-state index contributed by atoms with van der Waals surface area (Å²) in [7, 11) is 0. The van der Waals surface area contributed by atoms with Crippen LogP contribution in [0.1, 0.15) is 29.9 Å². The Morgan fingerprint density at radius 1 is 1.36 bits per heavy atom. The van der Waals surface area contributed by atoms with E-state index in [1.54, 1.807) is 29.7 Å². The lowest BCUT2D eigenvalue weighted by Gasteiger charge is -2.22. The summed E-state index contributed by atoms with van der Waals surface area (Å²) in [4.78, 5) is 15.3. The molecule has 4 nitrogen and oxygen atoms in total. The van der Waals surface area contributed by atoms with Crippen molar-refractivity contribution in [3.63, 3.8) is 0 Å². The molecule has 1 aliphatic heterocycles. The number of hydrogen-bond donors (Lipinski definition) is 0. The highest BCUT2D eigenvalue weighted by atomic mass is 32.2. The zero-order valence-corrected chi connectivity index (χ0v) is 14.7. The van der Waals surface area contributed by atoms with E-state index in [2.05, 4.69) is 5.10 Å². The molecule has 0 spiro atoms. The Bertz CT molecular complexity index is 807. The lowest BCUT2D eigenvalue weighted by atomic mass is 10.1. The van der Waals surface area contributed by atoms with E-state index in [1.165, 1.54) is 19.1 Å². The molecule has 0 N–H and O–H groups in total. The van der Waals surface area contributed by atoms with Gasteiger partial charge in [0.15, 0.2) is 0 Å². The summed E-state index contributed by atoms with van der Waals surface area (Å²) in [5.41, 5.74) is 1.74. The van der Waals surface area contributed by atoms with Crippen molar-refractivity contribution >= 4 is 23.4 Å². The standard InChI is InChI=1S/C17H18F3N3OS/c1-10-13(11(2)23(21-10)17(19)20)9-16(24)22-6-3-7-25-15-5-4-12(18)8-14(15)22/h4-5,8,17H,3,6-7,9H2,1-2H3. The first-order chi connectivity index (χ1) is 11.9. The van der Waals surface area contributed by atoms with Crippen molar-refractivity contribution in [3.05, 3.63) is 41.0 Å². The van der Waals surface area contributed by atoms with Gasteiger partial charge in [-0.3, -0.25) is 4.79 Å². The fourth-order valence-electron chi connectivity index (χ4n) is 3.00. The van der Waals surface area contributed by atoms with Crippen LogP contribution in [0.25, 0.3) is 0 Å². The van der Waals surface area contributed by atoms with Crippen molar-refractivity contribution in [1.82, 2.24) is 9.78 Å². The van der Waals surface area contributed by atoms with Gasteiger partial charge in [0.25, 0.3) is 0 Å². The van der Waals surface area contributed by atoms with Gasteiger partial charge in [0.05, 0.1) is 17.8 Å². The van der Waals surface area contributed by atoms with Gasteiger partial charge in [-0.2, -0.15) is 13.9 Å². The maximum Gasteiger partial charge on any atom is 0.333 e. The smallest absolute Gasteiger partial charge is 0.311 e. The number of alkyl halides is 2. The van der Waals surface area contributed by atoms with Crippen LogP contribution in [-0.2, 0) is 11.2 Å². The fourth-order valence-corrected chi connectivity index (χ4v) is 3.97. The number of amides is 1. The van der Waals surface area contributed by atoms with Gasteiger partial charge in [-0.05, 0) is 44.2 Å². The van der Waals surface area contributed by atoms with Gasteiger partial charge in [-0.1, -0.05) is 0 Å². The fraction of sp³-hybridized carbons (Fsp3) is 0.412. The highest BCUT2D eigenvalue weighted by Crippen LogP contribution is 2.35. The van der Waals surface area contributed by atoms with Crippen LogP contribution in [0.5, 0.6) is 0 Å². The zero-order valence-electron chi connectivity index (χ0n) is 13.9. The first-order valence-electron chi connectivity index (χ1n) is 7.94. The molecular weight excluding hydrogens is 351 g/mol. The lowest BCUT2D eigenvalue weighted by molar-refractivity contribution is -0.118. The monoisotopic (exact) mass is 369 g/mol. The van der Waals surface area contributed by atoms with Crippen molar-refractivity contribution in [2.24, 2.45) is 0 Å². The number of thioether (sulfide) groups is 1. The molecule has 0 atom stereocenters. The predicted molar refractivity (Wildman–Crippen MR) is 90.8 cm³/mol. The van der Waals surface area contributed by atoms with Gasteiger partial charge in [0.2, 0.25) is 5.91 Å². The number of carbonyl (C=O) groups excluding carboxylic acids is 1. The maximum atomic E-state index is 13.7. The molecule has 1 aromatic carbocycles. The second-order valence-corrected chi connectivity index (χ2v) is 7.04. The SMILES string of the molecule is Cc1nn(C(F)F)c(C)c1CC(=O)N1CCCSc2ccc(F)cc21. The molecule has 1 aromatic heterocycles. The van der Waals surface area contributed by atoms with Crippen LogP contribution >= 0.6 is 11.8 Å². The maximum absolute atomic E-state index is 13.7. The number of aryl methyl sites for hydroxylation is 1. The number of nitrogens with zero attached hydrogens (tertiary/aromatic N) is 3. The second-order valence-electron chi connectivity index (χ2n) is 5.91. The highest BCUT2D eigenvalue weighted by molar-refractivity contribution is 7.99. The summed E-state index contributed by atoms with van der Waals surface area (Å²) in [6, 6.07) is 4.40. The van der Waals surface area contributed by atoms with E-state index in [0.29, 0.717) is 28.2 Å². The number of halogens is 3. The molecule has 0 saturated carbocycles. The number of benzene rings is 1. The molecule has 25 heavy (non-hydrogen) atoms. The second kappa shape index (κ2) is 7.11. The van der Waals surface area contributed by atoms with Crippen molar-refractivity contribution < 1.29 is 18.0 Å². The first kappa shape index (κ1) is 17.8. The molecular formula is C17H18F3N3OS. The number of aromatic nitrogens is 2. The number of carbonyl (C=O) groups is 1. The molecule has 8 heteroatoms. The highest BCUT2D eigenvalue weighted by Gasteiger charge is 2.25. The van der Waals surface area contributed by atoms with Crippen LogP contribution in [0, 0.1) is 19.7 Å². The quantitative estimate of drug-likeness (QED) is 0.817. The van der Waals surface area contributed by atoms with Gasteiger partial charge < -0.3 is 4.90 Å². The van der Waals surface area contributed by atoms with Crippen molar-refractivity contribution in [3.8, 4) is 0 Å². The van der Waals surface area contributed by atoms with Gasteiger partial charge in [-0.15, -0.1) is 11.8 Å². The molecule has 2 heterocycles. The molecule has 0 bridgehead atoms. The minimum atomic E-state index is -2.74. The molecule has 1 aliphatic rings. The van der Waals surface area contributed by atoms with Crippen LogP contribution < -0.4 is 4.90 Å². The van der Waals surface area contributed by atoms with Gasteiger partial charge in [0, 0.05) is 22.7 Å². The third-order valence-electron chi connectivity index (χ3n) is 4.28. The van der Waals surface area contributed by atoms with E-state index in [9.17, 15) is 18.0 Å². The van der Waals surface area contributed by atoms with Crippen LogP contribution in [0.2, 0.25) is 0 Å². The molecule has 0 aliphatic carbocycles. The summed E-state index contributed by atoms with van der Waals surface area (Å²) in [6.45, 7) is 0.872. The number of anilines is 1. The third kappa shape index (κ3) is 3.53. The van der Waals surface area contributed by atoms with Crippen LogP contribution in [-0.4, -0.2) is 28.0 Å². The molecule has 1 amide bonds. The Kier molecular flexibility index (Phi) is 5.08. The lowest BCUT2D eigenvalue weighted by Crippen LogP contribution is -2.33. The van der Waals surface area contributed by atoms with E-state index in [0.717, 1.165) is 17.1 Å². The average Bonchev–Trinajstić information content (AvgIpc) is 2.74. The van der Waals surface area contributed by atoms with E-state index in [-0.39, 0.29) is 18.0 Å².